The lowest BCUT2D eigenvalue weighted by Gasteiger charge is -2.33. The second kappa shape index (κ2) is 6.78. The number of carbonyl (C=O) groups excluding carboxylic acids is 1. The molecule has 0 saturated carbocycles. The fourth-order valence-corrected chi connectivity index (χ4v) is 2.63. The van der Waals surface area contributed by atoms with E-state index in [1.165, 1.54) is 18.6 Å². The van der Waals surface area contributed by atoms with Crippen molar-refractivity contribution in [2.75, 3.05) is 51.8 Å². The van der Waals surface area contributed by atoms with Crippen LogP contribution in [-0.4, -0.2) is 67.2 Å². The van der Waals surface area contributed by atoms with Crippen molar-refractivity contribution >= 4 is 22.6 Å². The Morgan fingerprint density at radius 2 is 2.05 bits per heavy atom. The molecule has 106 valence electrons. The molecular formula is C11H18N4O3S. The summed E-state index contributed by atoms with van der Waals surface area (Å²) in [6.07, 6.45) is 0. The van der Waals surface area contributed by atoms with Crippen LogP contribution >= 0.6 is 11.5 Å². The molecule has 0 bridgehead atoms. The first-order chi connectivity index (χ1) is 9.22. The molecule has 0 spiro atoms. The third kappa shape index (κ3) is 3.85. The van der Waals surface area contributed by atoms with Gasteiger partial charge in [-0.2, -0.15) is 4.37 Å². The van der Waals surface area contributed by atoms with Gasteiger partial charge in [-0.15, -0.1) is 0 Å². The van der Waals surface area contributed by atoms with E-state index in [-0.39, 0.29) is 5.97 Å². The number of piperazine rings is 1. The van der Waals surface area contributed by atoms with Gasteiger partial charge in [0.25, 0.3) is 0 Å². The highest BCUT2D eigenvalue weighted by atomic mass is 32.1. The number of nitrogens with zero attached hydrogens (tertiary/aromatic N) is 4. The van der Waals surface area contributed by atoms with Crippen LogP contribution in [0.15, 0.2) is 0 Å². The summed E-state index contributed by atoms with van der Waals surface area (Å²) in [6, 6.07) is 0. The van der Waals surface area contributed by atoms with E-state index in [4.69, 9.17) is 4.74 Å². The van der Waals surface area contributed by atoms with Crippen LogP contribution in [0.25, 0.3) is 0 Å². The molecule has 1 saturated heterocycles. The van der Waals surface area contributed by atoms with E-state index in [0.29, 0.717) is 13.2 Å². The minimum absolute atomic E-state index is 0.188. The minimum atomic E-state index is -0.188. The fourth-order valence-electron chi connectivity index (χ4n) is 1.91. The first kappa shape index (κ1) is 14.2. The minimum Gasteiger partial charge on any atom is -0.468 e. The van der Waals surface area contributed by atoms with Gasteiger partial charge in [0.1, 0.15) is 6.61 Å². The molecule has 8 heteroatoms. The predicted molar refractivity (Wildman–Crippen MR) is 71.3 cm³/mol. The summed E-state index contributed by atoms with van der Waals surface area (Å²) in [4.78, 5) is 19.9. The monoisotopic (exact) mass is 286 g/mol. The molecule has 0 aromatic carbocycles. The molecule has 0 atom stereocenters. The quantitative estimate of drug-likeness (QED) is 0.705. The molecule has 0 radical (unpaired) electrons. The molecule has 19 heavy (non-hydrogen) atoms. The summed E-state index contributed by atoms with van der Waals surface area (Å²) < 4.78 is 13.9. The van der Waals surface area contributed by atoms with Crippen molar-refractivity contribution in [1.82, 2.24) is 14.3 Å². The average Bonchev–Trinajstić information content (AvgIpc) is 2.88. The number of methoxy groups -OCH3 is 2. The van der Waals surface area contributed by atoms with Crippen molar-refractivity contribution in [3.05, 3.63) is 5.82 Å². The third-order valence-electron chi connectivity index (χ3n) is 2.95. The van der Waals surface area contributed by atoms with Gasteiger partial charge in [-0.3, -0.25) is 9.69 Å². The van der Waals surface area contributed by atoms with E-state index in [1.54, 1.807) is 7.11 Å². The number of ether oxygens (including phenoxy) is 2. The van der Waals surface area contributed by atoms with Gasteiger partial charge in [0, 0.05) is 44.8 Å². The van der Waals surface area contributed by atoms with Crippen LogP contribution in [0.5, 0.6) is 0 Å². The molecular weight excluding hydrogens is 268 g/mol. The standard InChI is InChI=1S/C11H18N4O3S/c1-17-8-9-12-11(19-13-9)15-5-3-14(4-6-15)7-10(16)18-2/h3-8H2,1-2H3. The molecule has 2 heterocycles. The van der Waals surface area contributed by atoms with Gasteiger partial charge >= 0.3 is 5.97 Å². The predicted octanol–water partition coefficient (Wildman–Crippen LogP) is -0.0205. The van der Waals surface area contributed by atoms with Crippen molar-refractivity contribution in [2.24, 2.45) is 0 Å². The Morgan fingerprint density at radius 1 is 1.32 bits per heavy atom. The molecule has 1 aromatic heterocycles. The molecule has 7 nitrogen and oxygen atoms in total. The molecule has 0 unspecified atom stereocenters. The van der Waals surface area contributed by atoms with Gasteiger partial charge in [-0.05, 0) is 0 Å². The number of rotatable bonds is 5. The maximum atomic E-state index is 11.2. The molecule has 0 aliphatic carbocycles. The summed E-state index contributed by atoms with van der Waals surface area (Å²) in [5, 5.41) is 0.921. The van der Waals surface area contributed by atoms with E-state index in [2.05, 4.69) is 23.9 Å². The Balaban J connectivity index is 1.83. The number of hydrogen-bond acceptors (Lipinski definition) is 8. The maximum absolute atomic E-state index is 11.2. The number of aromatic nitrogens is 2. The highest BCUT2D eigenvalue weighted by Gasteiger charge is 2.21. The molecule has 1 aliphatic heterocycles. The van der Waals surface area contributed by atoms with Crippen molar-refractivity contribution in [3.8, 4) is 0 Å². The van der Waals surface area contributed by atoms with Gasteiger partial charge < -0.3 is 14.4 Å². The van der Waals surface area contributed by atoms with Crippen LogP contribution in [0.1, 0.15) is 5.82 Å². The molecule has 1 fully saturated rings. The Labute approximate surface area is 116 Å². The second-order valence-electron chi connectivity index (χ2n) is 4.27. The van der Waals surface area contributed by atoms with Gasteiger partial charge in [0.2, 0.25) is 5.13 Å². The topological polar surface area (TPSA) is 67.8 Å². The summed E-state index contributed by atoms with van der Waals surface area (Å²) in [6.45, 7) is 4.15. The summed E-state index contributed by atoms with van der Waals surface area (Å²) in [5.74, 6) is 0.534. The summed E-state index contributed by atoms with van der Waals surface area (Å²) in [7, 11) is 3.05. The highest BCUT2D eigenvalue weighted by Crippen LogP contribution is 2.19. The number of carbonyl (C=O) groups is 1. The highest BCUT2D eigenvalue weighted by molar-refractivity contribution is 7.09. The Bertz CT molecular complexity index is 418. The van der Waals surface area contributed by atoms with Gasteiger partial charge in [0.05, 0.1) is 13.7 Å². The van der Waals surface area contributed by atoms with Gasteiger partial charge in [0.15, 0.2) is 5.82 Å². The van der Waals surface area contributed by atoms with E-state index in [1.807, 2.05) is 0 Å². The normalized spacial score (nSPS) is 16.6. The first-order valence-electron chi connectivity index (χ1n) is 6.08. The lowest BCUT2D eigenvalue weighted by atomic mass is 10.3. The Hall–Kier alpha value is -1.25. The van der Waals surface area contributed by atoms with Gasteiger partial charge in [-0.1, -0.05) is 0 Å². The fraction of sp³-hybridized carbons (Fsp3) is 0.727. The van der Waals surface area contributed by atoms with E-state index < -0.39 is 0 Å². The zero-order chi connectivity index (χ0) is 13.7. The summed E-state index contributed by atoms with van der Waals surface area (Å²) in [5.41, 5.74) is 0. The maximum Gasteiger partial charge on any atom is 0.319 e. The Kier molecular flexibility index (Phi) is 5.06. The summed E-state index contributed by atoms with van der Waals surface area (Å²) >= 11 is 1.39. The van der Waals surface area contributed by atoms with Crippen molar-refractivity contribution < 1.29 is 14.3 Å². The van der Waals surface area contributed by atoms with Crippen LogP contribution in [0.3, 0.4) is 0 Å². The smallest absolute Gasteiger partial charge is 0.319 e. The van der Waals surface area contributed by atoms with Crippen LogP contribution in [-0.2, 0) is 20.9 Å². The third-order valence-corrected chi connectivity index (χ3v) is 3.77. The lowest BCUT2D eigenvalue weighted by molar-refractivity contribution is -0.142. The van der Waals surface area contributed by atoms with E-state index in [0.717, 1.165) is 37.1 Å². The lowest BCUT2D eigenvalue weighted by Crippen LogP contribution is -2.48. The van der Waals surface area contributed by atoms with Crippen LogP contribution in [0.2, 0.25) is 0 Å². The Morgan fingerprint density at radius 3 is 2.68 bits per heavy atom. The SMILES string of the molecule is COCc1nsc(N2CCN(CC(=O)OC)CC2)n1. The molecule has 1 aromatic rings. The van der Waals surface area contributed by atoms with Crippen molar-refractivity contribution in [1.29, 1.82) is 0 Å². The number of esters is 1. The van der Waals surface area contributed by atoms with E-state index in [9.17, 15) is 4.79 Å². The zero-order valence-corrected chi connectivity index (χ0v) is 12.0. The first-order valence-corrected chi connectivity index (χ1v) is 6.86. The van der Waals surface area contributed by atoms with Crippen LogP contribution < -0.4 is 4.90 Å². The van der Waals surface area contributed by atoms with Crippen LogP contribution in [0, 0.1) is 0 Å². The molecule has 0 N–H and O–H groups in total. The number of hydrogen-bond donors (Lipinski definition) is 0. The van der Waals surface area contributed by atoms with E-state index >= 15 is 0 Å². The largest absolute Gasteiger partial charge is 0.468 e. The zero-order valence-electron chi connectivity index (χ0n) is 11.2. The molecule has 2 rings (SSSR count). The number of anilines is 1. The van der Waals surface area contributed by atoms with Crippen molar-refractivity contribution in [2.45, 2.75) is 6.61 Å². The van der Waals surface area contributed by atoms with Gasteiger partial charge in [-0.25, -0.2) is 4.98 Å². The van der Waals surface area contributed by atoms with Crippen LogP contribution in [0.4, 0.5) is 5.13 Å². The average molecular weight is 286 g/mol. The molecule has 1 aliphatic rings. The molecule has 0 amide bonds. The second-order valence-corrected chi connectivity index (χ2v) is 5.00. The van der Waals surface area contributed by atoms with Crippen molar-refractivity contribution in [3.63, 3.8) is 0 Å².